The third-order valence-corrected chi connectivity index (χ3v) is 2.77. The maximum Gasteiger partial charge on any atom is 0.191 e. The first-order chi connectivity index (χ1) is 9.38. The molecular formula is C15H19N3O. The van der Waals surface area contributed by atoms with Gasteiger partial charge in [-0.2, -0.15) is 0 Å². The van der Waals surface area contributed by atoms with Crippen LogP contribution in [0.4, 0.5) is 0 Å². The molecule has 0 bridgehead atoms. The van der Waals surface area contributed by atoms with Crippen molar-refractivity contribution in [2.75, 3.05) is 13.6 Å². The van der Waals surface area contributed by atoms with E-state index < -0.39 is 0 Å². The van der Waals surface area contributed by atoms with Crippen molar-refractivity contribution < 1.29 is 4.42 Å². The van der Waals surface area contributed by atoms with E-state index in [1.54, 1.807) is 13.3 Å². The smallest absolute Gasteiger partial charge is 0.191 e. The van der Waals surface area contributed by atoms with Crippen LogP contribution in [0.1, 0.15) is 11.3 Å². The summed E-state index contributed by atoms with van der Waals surface area (Å²) in [5, 5.41) is 6.53. The zero-order valence-corrected chi connectivity index (χ0v) is 11.1. The molecule has 1 aromatic carbocycles. The number of nitrogens with zero attached hydrogens (tertiary/aromatic N) is 1. The quantitative estimate of drug-likeness (QED) is 0.637. The van der Waals surface area contributed by atoms with Gasteiger partial charge in [-0.25, -0.2) is 0 Å². The summed E-state index contributed by atoms with van der Waals surface area (Å²) < 4.78 is 5.28. The first-order valence-corrected chi connectivity index (χ1v) is 6.39. The number of furan rings is 1. The number of hydrogen-bond acceptors (Lipinski definition) is 2. The number of nitrogens with one attached hydrogen (secondary N) is 2. The Morgan fingerprint density at radius 2 is 1.95 bits per heavy atom. The zero-order chi connectivity index (χ0) is 13.3. The van der Waals surface area contributed by atoms with Crippen LogP contribution < -0.4 is 10.6 Å². The van der Waals surface area contributed by atoms with E-state index in [1.165, 1.54) is 5.56 Å². The van der Waals surface area contributed by atoms with Gasteiger partial charge in [0, 0.05) is 26.6 Å². The van der Waals surface area contributed by atoms with Gasteiger partial charge in [0.05, 0.1) is 6.26 Å². The first-order valence-electron chi connectivity index (χ1n) is 6.39. The highest BCUT2D eigenvalue weighted by molar-refractivity contribution is 5.79. The van der Waals surface area contributed by atoms with E-state index in [9.17, 15) is 0 Å². The molecule has 4 heteroatoms. The molecule has 4 nitrogen and oxygen atoms in total. The van der Waals surface area contributed by atoms with Crippen LogP contribution in [-0.4, -0.2) is 19.6 Å². The molecule has 0 amide bonds. The van der Waals surface area contributed by atoms with Crippen LogP contribution in [0.25, 0.3) is 0 Å². The fraction of sp³-hybridized carbons (Fsp3) is 0.267. The fourth-order valence-electron chi connectivity index (χ4n) is 1.76. The molecule has 2 N–H and O–H groups in total. The molecule has 19 heavy (non-hydrogen) atoms. The maximum absolute atomic E-state index is 5.28. The zero-order valence-electron chi connectivity index (χ0n) is 11.1. The van der Waals surface area contributed by atoms with Crippen LogP contribution in [0.3, 0.4) is 0 Å². The van der Waals surface area contributed by atoms with Gasteiger partial charge >= 0.3 is 0 Å². The van der Waals surface area contributed by atoms with E-state index in [-0.39, 0.29) is 0 Å². The molecule has 0 saturated carbocycles. The number of aliphatic imine (C=N–C) groups is 1. The van der Waals surface area contributed by atoms with Gasteiger partial charge in [-0.05, 0) is 17.7 Å². The molecule has 0 fully saturated rings. The average Bonchev–Trinajstić information content (AvgIpc) is 2.97. The molecule has 2 rings (SSSR count). The normalized spacial score (nSPS) is 11.3. The second kappa shape index (κ2) is 7.26. The van der Waals surface area contributed by atoms with E-state index in [0.717, 1.165) is 31.2 Å². The molecular weight excluding hydrogens is 238 g/mol. The van der Waals surface area contributed by atoms with E-state index >= 15 is 0 Å². The lowest BCUT2D eigenvalue weighted by atomic mass is 10.2. The number of benzene rings is 1. The Morgan fingerprint density at radius 3 is 2.63 bits per heavy atom. The van der Waals surface area contributed by atoms with E-state index in [0.29, 0.717) is 0 Å². The van der Waals surface area contributed by atoms with Gasteiger partial charge in [0.2, 0.25) is 0 Å². The van der Waals surface area contributed by atoms with Gasteiger partial charge in [0.15, 0.2) is 5.96 Å². The predicted molar refractivity (Wildman–Crippen MR) is 77.1 cm³/mol. The van der Waals surface area contributed by atoms with Crippen molar-refractivity contribution in [1.82, 2.24) is 10.6 Å². The van der Waals surface area contributed by atoms with E-state index in [1.807, 2.05) is 30.3 Å². The first kappa shape index (κ1) is 13.2. The summed E-state index contributed by atoms with van der Waals surface area (Å²) in [6.07, 6.45) is 2.54. The van der Waals surface area contributed by atoms with Gasteiger partial charge in [-0.1, -0.05) is 30.3 Å². The maximum atomic E-state index is 5.28. The summed E-state index contributed by atoms with van der Waals surface area (Å²) in [5.41, 5.74) is 1.23. The number of rotatable bonds is 5. The van der Waals surface area contributed by atoms with Crippen LogP contribution in [0.15, 0.2) is 58.1 Å². The Morgan fingerprint density at radius 1 is 1.11 bits per heavy atom. The van der Waals surface area contributed by atoms with E-state index in [2.05, 4.69) is 27.8 Å². The summed E-state index contributed by atoms with van der Waals surface area (Å²) in [6.45, 7) is 1.56. The third kappa shape index (κ3) is 4.50. The molecule has 0 aliphatic rings. The predicted octanol–water partition coefficient (Wildman–Crippen LogP) is 2.19. The molecule has 0 spiro atoms. The van der Waals surface area contributed by atoms with Gasteiger partial charge < -0.3 is 15.1 Å². The Bertz CT molecular complexity index is 491. The van der Waals surface area contributed by atoms with Crippen molar-refractivity contribution >= 4 is 5.96 Å². The highest BCUT2D eigenvalue weighted by Crippen LogP contribution is 1.99. The summed E-state index contributed by atoms with van der Waals surface area (Å²) >= 11 is 0. The van der Waals surface area contributed by atoms with Crippen LogP contribution in [0, 0.1) is 0 Å². The van der Waals surface area contributed by atoms with Crippen molar-refractivity contribution in [3.05, 3.63) is 60.1 Å². The lowest BCUT2D eigenvalue weighted by molar-refractivity contribution is 0.507. The highest BCUT2D eigenvalue weighted by Gasteiger charge is 1.99. The van der Waals surface area contributed by atoms with Crippen molar-refractivity contribution in [3.8, 4) is 0 Å². The Labute approximate surface area is 113 Å². The van der Waals surface area contributed by atoms with Crippen molar-refractivity contribution in [1.29, 1.82) is 0 Å². The molecule has 2 aromatic rings. The molecule has 0 aliphatic carbocycles. The standard InChI is InChI=1S/C15H19N3O/c1-16-15(17-10-9-14-8-5-11-19-14)18-12-13-6-3-2-4-7-13/h2-8,11H,9-10,12H2,1H3,(H2,16,17,18). The van der Waals surface area contributed by atoms with E-state index in [4.69, 9.17) is 4.42 Å². The second-order valence-electron chi connectivity index (χ2n) is 4.17. The topological polar surface area (TPSA) is 49.6 Å². The Balaban J connectivity index is 1.72. The second-order valence-corrected chi connectivity index (χ2v) is 4.17. The monoisotopic (exact) mass is 257 g/mol. The lowest BCUT2D eigenvalue weighted by Crippen LogP contribution is -2.37. The van der Waals surface area contributed by atoms with Crippen molar-refractivity contribution in [2.45, 2.75) is 13.0 Å². The Kier molecular flexibility index (Phi) is 5.05. The number of guanidine groups is 1. The van der Waals surface area contributed by atoms with Gasteiger partial charge in [0.1, 0.15) is 5.76 Å². The summed E-state index contributed by atoms with van der Waals surface area (Å²) in [5.74, 6) is 1.78. The minimum absolute atomic E-state index is 0.765. The molecule has 0 saturated heterocycles. The minimum Gasteiger partial charge on any atom is -0.469 e. The third-order valence-electron chi connectivity index (χ3n) is 2.77. The molecule has 0 aliphatic heterocycles. The molecule has 1 aromatic heterocycles. The van der Waals surface area contributed by atoms with Crippen molar-refractivity contribution in [2.24, 2.45) is 4.99 Å². The van der Waals surface area contributed by atoms with Gasteiger partial charge in [-0.15, -0.1) is 0 Å². The molecule has 0 atom stereocenters. The summed E-state index contributed by atoms with van der Waals surface area (Å²) in [4.78, 5) is 4.19. The molecule has 0 radical (unpaired) electrons. The summed E-state index contributed by atoms with van der Waals surface area (Å²) in [6, 6.07) is 14.1. The lowest BCUT2D eigenvalue weighted by Gasteiger charge is -2.11. The van der Waals surface area contributed by atoms with Gasteiger partial charge in [-0.3, -0.25) is 4.99 Å². The highest BCUT2D eigenvalue weighted by atomic mass is 16.3. The van der Waals surface area contributed by atoms with Crippen LogP contribution in [0.2, 0.25) is 0 Å². The van der Waals surface area contributed by atoms with Crippen molar-refractivity contribution in [3.63, 3.8) is 0 Å². The molecule has 1 heterocycles. The SMILES string of the molecule is CN=C(NCCc1ccco1)NCc1ccccc1. The largest absolute Gasteiger partial charge is 0.469 e. The molecule has 0 unspecified atom stereocenters. The van der Waals surface area contributed by atoms with Crippen LogP contribution in [0.5, 0.6) is 0 Å². The summed E-state index contributed by atoms with van der Waals surface area (Å²) in [7, 11) is 1.77. The number of hydrogen-bond donors (Lipinski definition) is 2. The fourth-order valence-corrected chi connectivity index (χ4v) is 1.76. The van der Waals surface area contributed by atoms with Gasteiger partial charge in [0.25, 0.3) is 0 Å². The minimum atomic E-state index is 0.765. The van der Waals surface area contributed by atoms with Crippen LogP contribution >= 0.6 is 0 Å². The average molecular weight is 257 g/mol. The molecule has 100 valence electrons. The Hall–Kier alpha value is -2.23. The van der Waals surface area contributed by atoms with Crippen LogP contribution in [-0.2, 0) is 13.0 Å².